The zero-order valence-corrected chi connectivity index (χ0v) is 12.9. The first kappa shape index (κ1) is 16.6. The van der Waals surface area contributed by atoms with Crippen molar-refractivity contribution in [1.29, 1.82) is 10.5 Å². The van der Waals surface area contributed by atoms with Crippen molar-refractivity contribution in [2.24, 2.45) is 0 Å². The van der Waals surface area contributed by atoms with Crippen molar-refractivity contribution < 1.29 is 0 Å². The van der Waals surface area contributed by atoms with Crippen LogP contribution in [0.1, 0.15) is 11.1 Å². The first-order valence-electron chi connectivity index (χ1n) is 5.20. The molecule has 0 amide bonds. The van der Waals surface area contributed by atoms with Gasteiger partial charge in [0, 0.05) is 0 Å². The predicted octanol–water partition coefficient (Wildman–Crippen LogP) is 5.73. The van der Waals surface area contributed by atoms with Crippen LogP contribution in [0.25, 0.3) is 0 Å². The normalized spacial score (nSPS) is 8.90. The summed E-state index contributed by atoms with van der Waals surface area (Å²) in [7, 11) is 0. The van der Waals surface area contributed by atoms with E-state index in [4.69, 9.17) is 56.9 Å². The Hall–Kier alpha value is -1.42. The van der Waals surface area contributed by atoms with Gasteiger partial charge < -0.3 is 0 Å². The molecule has 2 nitrogen and oxygen atoms in total. The summed E-state index contributed by atoms with van der Waals surface area (Å²) in [5.41, 5.74) is -0.0847. The summed E-state index contributed by atoms with van der Waals surface area (Å²) in [5.74, 6) is 0. The van der Waals surface area contributed by atoms with Crippen LogP contribution in [0.3, 0.4) is 0 Å². The van der Waals surface area contributed by atoms with Crippen molar-refractivity contribution >= 4 is 46.4 Å². The molecule has 2 aromatic rings. The molecule has 100 valence electrons. The molecular formula is C14H6Cl4N2. The third kappa shape index (κ3) is 3.79. The Labute approximate surface area is 136 Å². The molecule has 0 aliphatic heterocycles. The van der Waals surface area contributed by atoms with E-state index in [1.165, 1.54) is 0 Å². The quantitative estimate of drug-likeness (QED) is 0.453. The van der Waals surface area contributed by atoms with Crippen molar-refractivity contribution in [1.82, 2.24) is 0 Å². The maximum Gasteiger partial charge on any atom is 0.102 e. The molecule has 0 spiro atoms. The molecule has 0 saturated heterocycles. The highest BCUT2D eigenvalue weighted by molar-refractivity contribution is 6.50. The molecule has 0 N–H and O–H groups in total. The summed E-state index contributed by atoms with van der Waals surface area (Å²) in [6.07, 6.45) is 0. The van der Waals surface area contributed by atoms with E-state index in [-0.39, 0.29) is 31.2 Å². The van der Waals surface area contributed by atoms with Gasteiger partial charge in [0.05, 0.1) is 31.2 Å². The number of nitrogens with zero attached hydrogens (tertiary/aromatic N) is 2. The van der Waals surface area contributed by atoms with Crippen LogP contribution in [0.15, 0.2) is 36.4 Å². The lowest BCUT2D eigenvalue weighted by Gasteiger charge is -2.05. The fraction of sp³-hybridized carbons (Fsp3) is 0. The van der Waals surface area contributed by atoms with Gasteiger partial charge in [-0.15, -0.1) is 0 Å². The van der Waals surface area contributed by atoms with E-state index in [0.29, 0.717) is 0 Å². The summed E-state index contributed by atoms with van der Waals surface area (Å²) < 4.78 is 0. The van der Waals surface area contributed by atoms with Gasteiger partial charge in [-0.2, -0.15) is 10.5 Å². The molecule has 0 atom stereocenters. The number of hydrogen-bond acceptors (Lipinski definition) is 2. The monoisotopic (exact) mass is 342 g/mol. The van der Waals surface area contributed by atoms with Gasteiger partial charge in [0.1, 0.15) is 12.1 Å². The second kappa shape index (κ2) is 8.00. The van der Waals surface area contributed by atoms with Crippen LogP contribution in [0.4, 0.5) is 0 Å². The first-order chi connectivity index (χ1) is 9.54. The average molecular weight is 344 g/mol. The van der Waals surface area contributed by atoms with Crippen LogP contribution in [-0.4, -0.2) is 0 Å². The Morgan fingerprint density at radius 1 is 0.550 bits per heavy atom. The van der Waals surface area contributed by atoms with Gasteiger partial charge in [-0.3, -0.25) is 0 Å². The van der Waals surface area contributed by atoms with Crippen LogP contribution >= 0.6 is 46.4 Å². The lowest BCUT2D eigenvalue weighted by molar-refractivity contribution is 1.45. The van der Waals surface area contributed by atoms with E-state index in [2.05, 4.69) is 0 Å². The molecule has 2 aromatic carbocycles. The molecule has 0 saturated carbocycles. The average Bonchev–Trinajstić information content (AvgIpc) is 2.49. The van der Waals surface area contributed by atoms with Crippen molar-refractivity contribution in [3.63, 3.8) is 0 Å². The Bertz CT molecular complexity index is 617. The van der Waals surface area contributed by atoms with Crippen LogP contribution in [-0.2, 0) is 0 Å². The molecule has 2 rings (SSSR count). The topological polar surface area (TPSA) is 47.6 Å². The standard InChI is InChI=1S/C8Cl4N2.C6H6/c9-5-3(1-13)6(10)8(12)7(11)4(5)2-14;1-2-4-6-5-3-1/h;1-6H. The molecule has 0 aliphatic carbocycles. The second-order valence-electron chi connectivity index (χ2n) is 3.38. The second-order valence-corrected chi connectivity index (χ2v) is 4.90. The highest BCUT2D eigenvalue weighted by atomic mass is 35.5. The minimum absolute atomic E-state index is 0.0363. The summed E-state index contributed by atoms with van der Waals surface area (Å²) >= 11 is 22.8. The number of halogens is 4. The molecule has 0 heterocycles. The summed E-state index contributed by atoms with van der Waals surface area (Å²) in [6, 6.07) is 15.5. The van der Waals surface area contributed by atoms with Gasteiger partial charge in [-0.05, 0) is 0 Å². The van der Waals surface area contributed by atoms with Crippen LogP contribution < -0.4 is 0 Å². The molecule has 20 heavy (non-hydrogen) atoms. The Balaban J connectivity index is 0.000000276. The van der Waals surface area contributed by atoms with Crippen LogP contribution in [0.2, 0.25) is 20.1 Å². The van der Waals surface area contributed by atoms with E-state index < -0.39 is 0 Å². The van der Waals surface area contributed by atoms with Gasteiger partial charge in [-0.25, -0.2) is 0 Å². The third-order valence-electron chi connectivity index (χ3n) is 2.15. The zero-order valence-electron chi connectivity index (χ0n) is 9.87. The summed E-state index contributed by atoms with van der Waals surface area (Å²) in [4.78, 5) is 0. The van der Waals surface area contributed by atoms with E-state index in [1.807, 2.05) is 36.4 Å². The van der Waals surface area contributed by atoms with Crippen LogP contribution in [0.5, 0.6) is 0 Å². The van der Waals surface area contributed by atoms with Gasteiger partial charge in [0.15, 0.2) is 0 Å². The number of rotatable bonds is 0. The molecule has 0 fully saturated rings. The van der Waals surface area contributed by atoms with Crippen molar-refractivity contribution in [2.45, 2.75) is 0 Å². The number of hydrogen-bond donors (Lipinski definition) is 0. The molecule has 0 radical (unpaired) electrons. The highest BCUT2D eigenvalue weighted by Gasteiger charge is 2.19. The SMILES string of the molecule is N#Cc1c(Cl)c(Cl)c(Cl)c(C#N)c1Cl.c1ccccc1. The largest absolute Gasteiger partial charge is 0.192 e. The highest BCUT2D eigenvalue weighted by Crippen LogP contribution is 2.40. The lowest BCUT2D eigenvalue weighted by Crippen LogP contribution is -1.89. The smallest absolute Gasteiger partial charge is 0.102 e. The lowest BCUT2D eigenvalue weighted by atomic mass is 10.1. The van der Waals surface area contributed by atoms with Gasteiger partial charge in [-0.1, -0.05) is 82.8 Å². The molecule has 0 unspecified atom stereocenters. The zero-order chi connectivity index (χ0) is 15.1. The fourth-order valence-corrected chi connectivity index (χ4v) is 2.28. The van der Waals surface area contributed by atoms with E-state index in [9.17, 15) is 0 Å². The van der Waals surface area contributed by atoms with E-state index in [1.54, 1.807) is 12.1 Å². The van der Waals surface area contributed by atoms with Crippen molar-refractivity contribution in [2.75, 3.05) is 0 Å². The molecule has 6 heteroatoms. The first-order valence-corrected chi connectivity index (χ1v) is 6.72. The maximum absolute atomic E-state index is 8.70. The Morgan fingerprint density at radius 3 is 1.10 bits per heavy atom. The minimum Gasteiger partial charge on any atom is -0.192 e. The van der Waals surface area contributed by atoms with Crippen molar-refractivity contribution in [3.8, 4) is 12.1 Å². The minimum atomic E-state index is -0.0746. The van der Waals surface area contributed by atoms with E-state index >= 15 is 0 Å². The molecule has 0 bridgehead atoms. The molecule has 0 aromatic heterocycles. The predicted molar refractivity (Wildman–Crippen MR) is 82.4 cm³/mol. The summed E-state index contributed by atoms with van der Waals surface area (Å²) in [6.45, 7) is 0. The Kier molecular flexibility index (Phi) is 6.65. The number of benzene rings is 2. The number of nitriles is 2. The maximum atomic E-state index is 8.70. The van der Waals surface area contributed by atoms with Gasteiger partial charge >= 0.3 is 0 Å². The van der Waals surface area contributed by atoms with Crippen molar-refractivity contribution in [3.05, 3.63) is 67.6 Å². The van der Waals surface area contributed by atoms with Crippen LogP contribution in [0, 0.1) is 22.7 Å². The van der Waals surface area contributed by atoms with E-state index in [0.717, 1.165) is 0 Å². The summed E-state index contributed by atoms with van der Waals surface area (Å²) in [5, 5.41) is 17.2. The Morgan fingerprint density at radius 2 is 0.850 bits per heavy atom. The molecular weight excluding hydrogens is 338 g/mol. The third-order valence-corrected chi connectivity index (χ3v) is 3.86. The molecule has 0 aliphatic rings. The fourth-order valence-electron chi connectivity index (χ4n) is 1.21. The van der Waals surface area contributed by atoms with Gasteiger partial charge in [0.2, 0.25) is 0 Å². The van der Waals surface area contributed by atoms with Gasteiger partial charge in [0.25, 0.3) is 0 Å².